The van der Waals surface area contributed by atoms with Crippen molar-refractivity contribution < 1.29 is 18.0 Å². The van der Waals surface area contributed by atoms with Gasteiger partial charge in [-0.1, -0.05) is 17.3 Å². The second-order valence-electron chi connectivity index (χ2n) is 3.62. The largest absolute Gasteiger partial charge is 0.392 e. The highest BCUT2D eigenvalue weighted by atomic mass is 32.2. The van der Waals surface area contributed by atoms with E-state index in [0.29, 0.717) is 11.3 Å². The van der Waals surface area contributed by atoms with E-state index in [9.17, 15) is 8.42 Å². The molecule has 0 aliphatic carbocycles. The lowest BCUT2D eigenvalue weighted by Crippen LogP contribution is -2.23. The number of hydrogen-bond acceptors (Lipinski definition) is 5. The summed E-state index contributed by atoms with van der Waals surface area (Å²) in [4.78, 5) is 0.109. The van der Waals surface area contributed by atoms with Crippen LogP contribution in [0.2, 0.25) is 0 Å². The smallest absolute Gasteiger partial charge is 0.240 e. The highest BCUT2D eigenvalue weighted by molar-refractivity contribution is 7.89. The molecule has 1 aromatic heterocycles. The Kier molecular flexibility index (Phi) is 3.75. The number of aliphatic hydroxyl groups excluding tert-OH is 1. The molecule has 0 bridgehead atoms. The molecular formula is C11H12N2O4S. The summed E-state index contributed by atoms with van der Waals surface area (Å²) in [6.07, 6.45) is 1.37. The summed E-state index contributed by atoms with van der Waals surface area (Å²) in [7, 11) is -3.61. The zero-order valence-corrected chi connectivity index (χ0v) is 10.2. The van der Waals surface area contributed by atoms with Crippen LogP contribution in [0.15, 0.2) is 46.0 Å². The molecule has 18 heavy (non-hydrogen) atoms. The number of aromatic nitrogens is 1. The Morgan fingerprint density at radius 3 is 2.83 bits per heavy atom. The van der Waals surface area contributed by atoms with Gasteiger partial charge >= 0.3 is 0 Å². The van der Waals surface area contributed by atoms with Crippen LogP contribution in [0.5, 0.6) is 0 Å². The minimum atomic E-state index is -3.61. The third-order valence-electron chi connectivity index (χ3n) is 2.33. The third kappa shape index (κ3) is 2.95. The Morgan fingerprint density at radius 1 is 1.33 bits per heavy atom. The molecule has 1 aromatic carbocycles. The van der Waals surface area contributed by atoms with Gasteiger partial charge in [0.05, 0.1) is 23.7 Å². The van der Waals surface area contributed by atoms with E-state index in [0.717, 1.165) is 0 Å². The normalized spacial score (nSPS) is 11.6. The highest BCUT2D eigenvalue weighted by Gasteiger charge is 2.14. The molecule has 7 heteroatoms. The summed E-state index contributed by atoms with van der Waals surface area (Å²) in [5.41, 5.74) is 1.04. The van der Waals surface area contributed by atoms with Crippen LogP contribution < -0.4 is 4.72 Å². The molecule has 0 amide bonds. The SMILES string of the molecule is O=S(=O)(NCc1ccon1)c1cccc(CO)c1. The first kappa shape index (κ1) is 12.7. The molecular weight excluding hydrogens is 256 g/mol. The molecule has 0 saturated carbocycles. The molecule has 0 atom stereocenters. The van der Waals surface area contributed by atoms with Gasteiger partial charge < -0.3 is 9.63 Å². The molecule has 0 saturated heterocycles. The molecule has 2 aromatic rings. The Balaban J connectivity index is 2.14. The number of nitrogens with zero attached hydrogens (tertiary/aromatic N) is 1. The van der Waals surface area contributed by atoms with E-state index in [1.807, 2.05) is 0 Å². The molecule has 0 radical (unpaired) electrons. The van der Waals surface area contributed by atoms with Crippen LogP contribution >= 0.6 is 0 Å². The predicted molar refractivity (Wildman–Crippen MR) is 62.9 cm³/mol. The standard InChI is InChI=1S/C11H12N2O4S/c14-8-9-2-1-3-11(6-9)18(15,16)12-7-10-4-5-17-13-10/h1-6,12,14H,7-8H2. The van der Waals surface area contributed by atoms with E-state index in [2.05, 4.69) is 14.4 Å². The molecule has 0 unspecified atom stereocenters. The predicted octanol–water partition coefficient (Wildman–Crippen LogP) is 0.645. The molecule has 0 spiro atoms. The van der Waals surface area contributed by atoms with E-state index in [4.69, 9.17) is 5.11 Å². The fourth-order valence-electron chi connectivity index (χ4n) is 1.39. The summed E-state index contributed by atoms with van der Waals surface area (Å²) < 4.78 is 30.9. The van der Waals surface area contributed by atoms with Crippen molar-refractivity contribution in [1.29, 1.82) is 0 Å². The Bertz CT molecular complexity index is 608. The van der Waals surface area contributed by atoms with Gasteiger partial charge in [-0.3, -0.25) is 0 Å². The summed E-state index contributed by atoms with van der Waals surface area (Å²) in [6.45, 7) is -0.144. The Labute approximate surface area is 104 Å². The molecule has 1 heterocycles. The first-order valence-corrected chi connectivity index (χ1v) is 6.69. The average Bonchev–Trinajstić information content (AvgIpc) is 2.90. The first-order chi connectivity index (χ1) is 8.62. The fourth-order valence-corrected chi connectivity index (χ4v) is 2.46. The van der Waals surface area contributed by atoms with Crippen LogP contribution in [0.1, 0.15) is 11.3 Å². The van der Waals surface area contributed by atoms with Crippen molar-refractivity contribution in [1.82, 2.24) is 9.88 Å². The number of aliphatic hydroxyl groups is 1. The van der Waals surface area contributed by atoms with Crippen LogP contribution in [0.25, 0.3) is 0 Å². The van der Waals surface area contributed by atoms with Crippen LogP contribution in [0.3, 0.4) is 0 Å². The van der Waals surface area contributed by atoms with Crippen LogP contribution in [-0.2, 0) is 23.2 Å². The topological polar surface area (TPSA) is 92.4 Å². The number of hydrogen-bond donors (Lipinski definition) is 2. The first-order valence-electron chi connectivity index (χ1n) is 5.20. The van der Waals surface area contributed by atoms with Gasteiger partial charge in [0.1, 0.15) is 6.26 Å². The Morgan fingerprint density at radius 2 is 2.17 bits per heavy atom. The summed E-state index contributed by atoms with van der Waals surface area (Å²) in [5, 5.41) is 12.6. The third-order valence-corrected chi connectivity index (χ3v) is 3.72. The van der Waals surface area contributed by atoms with Gasteiger partial charge in [-0.05, 0) is 17.7 Å². The second kappa shape index (κ2) is 5.30. The molecule has 2 N–H and O–H groups in total. The quantitative estimate of drug-likeness (QED) is 0.830. The van der Waals surface area contributed by atoms with Gasteiger partial charge in [0.2, 0.25) is 10.0 Å². The van der Waals surface area contributed by atoms with Crippen molar-refractivity contribution >= 4 is 10.0 Å². The van der Waals surface area contributed by atoms with Crippen LogP contribution in [-0.4, -0.2) is 18.7 Å². The summed E-state index contributed by atoms with van der Waals surface area (Å²) >= 11 is 0. The average molecular weight is 268 g/mol. The second-order valence-corrected chi connectivity index (χ2v) is 5.39. The number of rotatable bonds is 5. The summed E-state index contributed by atoms with van der Waals surface area (Å²) in [6, 6.07) is 7.69. The van der Waals surface area contributed by atoms with Crippen molar-refractivity contribution in [2.75, 3.05) is 0 Å². The zero-order valence-electron chi connectivity index (χ0n) is 9.41. The van der Waals surface area contributed by atoms with Gasteiger partial charge in [0, 0.05) is 6.07 Å². The van der Waals surface area contributed by atoms with Gasteiger partial charge in [0.25, 0.3) is 0 Å². The summed E-state index contributed by atoms with van der Waals surface area (Å²) in [5.74, 6) is 0. The number of nitrogens with one attached hydrogen (secondary N) is 1. The maximum atomic E-state index is 11.9. The Hall–Kier alpha value is -1.70. The van der Waals surface area contributed by atoms with E-state index in [-0.39, 0.29) is 18.0 Å². The molecule has 0 aliphatic heterocycles. The van der Waals surface area contributed by atoms with Gasteiger partial charge in [-0.2, -0.15) is 0 Å². The minimum absolute atomic E-state index is 0.0577. The van der Waals surface area contributed by atoms with E-state index >= 15 is 0 Å². The van der Waals surface area contributed by atoms with Crippen molar-refractivity contribution in [3.05, 3.63) is 47.9 Å². The van der Waals surface area contributed by atoms with Gasteiger partial charge in [0.15, 0.2) is 0 Å². The lowest BCUT2D eigenvalue weighted by Gasteiger charge is -2.06. The van der Waals surface area contributed by atoms with E-state index in [1.165, 1.54) is 18.4 Å². The number of sulfonamides is 1. The van der Waals surface area contributed by atoms with E-state index in [1.54, 1.807) is 18.2 Å². The van der Waals surface area contributed by atoms with E-state index < -0.39 is 10.0 Å². The fraction of sp³-hybridized carbons (Fsp3) is 0.182. The maximum Gasteiger partial charge on any atom is 0.240 e. The molecule has 6 nitrogen and oxygen atoms in total. The molecule has 2 rings (SSSR count). The van der Waals surface area contributed by atoms with Crippen LogP contribution in [0.4, 0.5) is 0 Å². The monoisotopic (exact) mass is 268 g/mol. The van der Waals surface area contributed by atoms with Crippen LogP contribution in [0, 0.1) is 0 Å². The molecule has 96 valence electrons. The lowest BCUT2D eigenvalue weighted by atomic mass is 10.2. The molecule has 0 fully saturated rings. The van der Waals surface area contributed by atoms with Crippen molar-refractivity contribution in [3.63, 3.8) is 0 Å². The van der Waals surface area contributed by atoms with Crippen molar-refractivity contribution in [3.8, 4) is 0 Å². The van der Waals surface area contributed by atoms with Gasteiger partial charge in [-0.25, -0.2) is 13.1 Å². The minimum Gasteiger partial charge on any atom is -0.392 e. The molecule has 0 aliphatic rings. The number of benzene rings is 1. The van der Waals surface area contributed by atoms with Crippen molar-refractivity contribution in [2.24, 2.45) is 0 Å². The zero-order chi connectivity index (χ0) is 13.0. The lowest BCUT2D eigenvalue weighted by molar-refractivity contribution is 0.281. The highest BCUT2D eigenvalue weighted by Crippen LogP contribution is 2.11. The van der Waals surface area contributed by atoms with Crippen molar-refractivity contribution in [2.45, 2.75) is 18.0 Å². The van der Waals surface area contributed by atoms with Gasteiger partial charge in [-0.15, -0.1) is 0 Å². The maximum absolute atomic E-state index is 11.9.